The number of aromatic nitrogens is 3. The fourth-order valence-electron chi connectivity index (χ4n) is 2.87. The third-order valence-electron chi connectivity index (χ3n) is 3.95. The molecular formula is C16H28N6O3S. The molecule has 0 aromatic carbocycles. The summed E-state index contributed by atoms with van der Waals surface area (Å²) in [5.41, 5.74) is 8.75. The molecule has 146 valence electrons. The highest BCUT2D eigenvalue weighted by atomic mass is 32.2. The van der Waals surface area contributed by atoms with E-state index in [1.165, 1.54) is 0 Å². The maximum atomic E-state index is 11.0. The van der Waals surface area contributed by atoms with Crippen LogP contribution in [-0.2, 0) is 21.3 Å². The van der Waals surface area contributed by atoms with Gasteiger partial charge in [-0.15, -0.1) is 0 Å². The Hall–Kier alpha value is -1.75. The predicted molar refractivity (Wildman–Crippen MR) is 103 cm³/mol. The molecule has 0 bridgehead atoms. The number of nitrogens with two attached hydrogens (primary N) is 1. The van der Waals surface area contributed by atoms with Crippen molar-refractivity contribution in [2.24, 2.45) is 0 Å². The van der Waals surface area contributed by atoms with Crippen LogP contribution in [0, 0.1) is 0 Å². The minimum absolute atomic E-state index is 0.255. The molecule has 0 radical (unpaired) electrons. The lowest BCUT2D eigenvalue weighted by Crippen LogP contribution is -2.26. The fraction of sp³-hybridized carbons (Fsp3) is 0.625. The molecule has 2 aromatic rings. The van der Waals surface area contributed by atoms with E-state index in [1.807, 2.05) is 24.9 Å². The smallest absolute Gasteiger partial charge is 0.208 e. The van der Waals surface area contributed by atoms with E-state index >= 15 is 0 Å². The standard InChI is InChI=1S/C16H28N6O3S/c1-12(10-21(2)3)13-9-18-16(17)14-15(13)22(11-19-14)6-8-25-7-5-20-26(4,23)24/h9,11-12,20H,5-8,10H2,1-4H3,(H2,17,18). The molecule has 3 N–H and O–H groups in total. The maximum absolute atomic E-state index is 11.0. The van der Waals surface area contributed by atoms with Crippen LogP contribution in [0.2, 0.25) is 0 Å². The van der Waals surface area contributed by atoms with Gasteiger partial charge in [0, 0.05) is 31.4 Å². The van der Waals surface area contributed by atoms with Gasteiger partial charge in [-0.3, -0.25) is 0 Å². The summed E-state index contributed by atoms with van der Waals surface area (Å²) in [6.45, 7) is 4.65. The van der Waals surface area contributed by atoms with Crippen molar-refractivity contribution in [3.05, 3.63) is 18.1 Å². The zero-order valence-corrected chi connectivity index (χ0v) is 16.6. The normalized spacial score (nSPS) is 13.6. The zero-order valence-electron chi connectivity index (χ0n) is 15.8. The average Bonchev–Trinajstić information content (AvgIpc) is 2.94. The molecule has 2 rings (SSSR count). The number of rotatable bonds is 10. The molecular weight excluding hydrogens is 356 g/mol. The first kappa shape index (κ1) is 20.6. The number of imidazole rings is 1. The lowest BCUT2D eigenvalue weighted by Gasteiger charge is -2.19. The lowest BCUT2D eigenvalue weighted by molar-refractivity contribution is 0.132. The Morgan fingerprint density at radius 3 is 2.73 bits per heavy atom. The van der Waals surface area contributed by atoms with Crippen LogP contribution in [-0.4, -0.2) is 74.5 Å². The minimum Gasteiger partial charge on any atom is -0.382 e. The van der Waals surface area contributed by atoms with E-state index in [0.717, 1.165) is 23.9 Å². The molecule has 0 aliphatic rings. The van der Waals surface area contributed by atoms with E-state index in [0.29, 0.717) is 31.1 Å². The number of fused-ring (bicyclic) bond motifs is 1. The van der Waals surface area contributed by atoms with Crippen molar-refractivity contribution in [2.45, 2.75) is 19.4 Å². The number of pyridine rings is 1. The van der Waals surface area contributed by atoms with Crippen LogP contribution in [0.4, 0.5) is 5.82 Å². The largest absolute Gasteiger partial charge is 0.382 e. The predicted octanol–water partition coefficient (Wildman–Crippen LogP) is 0.244. The number of ether oxygens (including phenoxy) is 1. The van der Waals surface area contributed by atoms with Crippen LogP contribution >= 0.6 is 0 Å². The quantitative estimate of drug-likeness (QED) is 0.564. The van der Waals surface area contributed by atoms with Gasteiger partial charge in [-0.2, -0.15) is 0 Å². The number of anilines is 1. The molecule has 0 aliphatic carbocycles. The second kappa shape index (κ2) is 8.76. The van der Waals surface area contributed by atoms with Gasteiger partial charge >= 0.3 is 0 Å². The molecule has 1 atom stereocenters. The van der Waals surface area contributed by atoms with Crippen LogP contribution < -0.4 is 10.5 Å². The summed E-state index contributed by atoms with van der Waals surface area (Å²) in [7, 11) is 0.888. The van der Waals surface area contributed by atoms with Crippen molar-refractivity contribution < 1.29 is 13.2 Å². The van der Waals surface area contributed by atoms with Gasteiger partial charge in [0.05, 0.1) is 31.3 Å². The summed E-state index contributed by atoms with van der Waals surface area (Å²) < 4.78 is 31.9. The average molecular weight is 385 g/mol. The summed E-state index contributed by atoms with van der Waals surface area (Å²) in [5, 5.41) is 0. The number of nitrogens with zero attached hydrogens (tertiary/aromatic N) is 4. The second-order valence-corrected chi connectivity index (χ2v) is 8.51. The van der Waals surface area contributed by atoms with Crippen molar-refractivity contribution in [3.8, 4) is 0 Å². The first-order valence-corrected chi connectivity index (χ1v) is 10.3. The highest BCUT2D eigenvalue weighted by Gasteiger charge is 2.17. The van der Waals surface area contributed by atoms with Crippen molar-refractivity contribution in [1.82, 2.24) is 24.2 Å². The highest BCUT2D eigenvalue weighted by molar-refractivity contribution is 7.88. The monoisotopic (exact) mass is 384 g/mol. The Morgan fingerprint density at radius 1 is 1.35 bits per heavy atom. The topological polar surface area (TPSA) is 115 Å². The summed E-state index contributed by atoms with van der Waals surface area (Å²) in [6.07, 6.45) is 4.69. The second-order valence-electron chi connectivity index (χ2n) is 6.68. The van der Waals surface area contributed by atoms with E-state index in [2.05, 4.69) is 26.5 Å². The van der Waals surface area contributed by atoms with Crippen LogP contribution in [0.25, 0.3) is 11.0 Å². The Morgan fingerprint density at radius 2 is 2.08 bits per heavy atom. The Kier molecular flexibility index (Phi) is 6.93. The molecule has 9 nitrogen and oxygen atoms in total. The lowest BCUT2D eigenvalue weighted by atomic mass is 10.0. The van der Waals surface area contributed by atoms with Crippen LogP contribution in [0.15, 0.2) is 12.5 Å². The molecule has 2 aromatic heterocycles. The van der Waals surface area contributed by atoms with Gasteiger partial charge in [0.25, 0.3) is 0 Å². The molecule has 0 saturated heterocycles. The highest BCUT2D eigenvalue weighted by Crippen LogP contribution is 2.27. The molecule has 26 heavy (non-hydrogen) atoms. The van der Waals surface area contributed by atoms with Crippen molar-refractivity contribution in [2.75, 3.05) is 52.4 Å². The number of hydrogen-bond acceptors (Lipinski definition) is 7. The summed E-state index contributed by atoms with van der Waals surface area (Å²) >= 11 is 0. The van der Waals surface area contributed by atoms with E-state index < -0.39 is 10.0 Å². The Balaban J connectivity index is 2.07. The van der Waals surface area contributed by atoms with Crippen molar-refractivity contribution >= 4 is 26.9 Å². The molecule has 0 saturated carbocycles. The number of sulfonamides is 1. The third-order valence-corrected chi connectivity index (χ3v) is 4.68. The summed E-state index contributed by atoms with van der Waals surface area (Å²) in [4.78, 5) is 10.8. The number of likely N-dealkylation sites (N-methyl/N-ethyl adjacent to an activating group) is 1. The number of nitrogen functional groups attached to an aromatic ring is 1. The number of hydrogen-bond donors (Lipinski definition) is 2. The van der Waals surface area contributed by atoms with Crippen molar-refractivity contribution in [1.29, 1.82) is 0 Å². The molecule has 10 heteroatoms. The maximum Gasteiger partial charge on any atom is 0.208 e. The van der Waals surface area contributed by atoms with Gasteiger partial charge in [-0.05, 0) is 20.0 Å². The SMILES string of the molecule is CC(CN(C)C)c1cnc(N)c2ncn(CCOCCNS(C)(=O)=O)c12. The van der Waals surface area contributed by atoms with Crippen LogP contribution in [0.5, 0.6) is 0 Å². The van der Waals surface area contributed by atoms with Gasteiger partial charge in [0.2, 0.25) is 10.0 Å². The Bertz CT molecular complexity index is 834. The molecule has 0 aliphatic heterocycles. The summed E-state index contributed by atoms with van der Waals surface area (Å²) in [6, 6.07) is 0. The molecule has 0 amide bonds. The van der Waals surface area contributed by atoms with Crippen LogP contribution in [0.1, 0.15) is 18.4 Å². The first-order chi connectivity index (χ1) is 12.2. The van der Waals surface area contributed by atoms with Gasteiger partial charge in [-0.25, -0.2) is 23.1 Å². The van der Waals surface area contributed by atoms with E-state index in [1.54, 1.807) is 6.33 Å². The van der Waals surface area contributed by atoms with E-state index in [-0.39, 0.29) is 12.5 Å². The molecule has 2 heterocycles. The molecule has 1 unspecified atom stereocenters. The van der Waals surface area contributed by atoms with Gasteiger partial charge in [-0.1, -0.05) is 6.92 Å². The molecule has 0 fully saturated rings. The third kappa shape index (κ3) is 5.63. The van der Waals surface area contributed by atoms with Gasteiger partial charge in [0.1, 0.15) is 5.52 Å². The number of nitrogens with one attached hydrogen (secondary N) is 1. The van der Waals surface area contributed by atoms with Gasteiger partial charge < -0.3 is 19.9 Å². The minimum atomic E-state index is -3.18. The van der Waals surface area contributed by atoms with Gasteiger partial charge in [0.15, 0.2) is 5.82 Å². The fourth-order valence-corrected chi connectivity index (χ4v) is 3.33. The van der Waals surface area contributed by atoms with E-state index in [9.17, 15) is 8.42 Å². The van der Waals surface area contributed by atoms with E-state index in [4.69, 9.17) is 10.5 Å². The Labute approximate surface area is 154 Å². The van der Waals surface area contributed by atoms with Crippen molar-refractivity contribution in [3.63, 3.8) is 0 Å². The van der Waals surface area contributed by atoms with Crippen LogP contribution in [0.3, 0.4) is 0 Å². The first-order valence-electron chi connectivity index (χ1n) is 8.45. The summed E-state index contributed by atoms with van der Waals surface area (Å²) in [5.74, 6) is 0.689. The molecule has 0 spiro atoms. The zero-order chi connectivity index (χ0) is 19.3.